The molecule has 0 aliphatic rings. The van der Waals surface area contributed by atoms with Crippen LogP contribution in [-0.2, 0) is 16.1 Å². The first-order valence-electron chi connectivity index (χ1n) is 6.14. The van der Waals surface area contributed by atoms with Crippen molar-refractivity contribution in [3.05, 3.63) is 35.9 Å². The van der Waals surface area contributed by atoms with Gasteiger partial charge in [-0.25, -0.2) is 4.79 Å². The van der Waals surface area contributed by atoms with Gasteiger partial charge in [0, 0.05) is 0 Å². The molecule has 1 rings (SSSR count). The molecule has 22 heavy (non-hydrogen) atoms. The average Bonchev–Trinajstić information content (AvgIpc) is 2.34. The number of carbonyl (C=O) groups is 1. The molecule has 0 fully saturated rings. The van der Waals surface area contributed by atoms with Crippen LogP contribution in [0.4, 0.5) is 4.79 Å². The Morgan fingerprint density at radius 3 is 2.05 bits per heavy atom. The molecule has 1 N–H and O–H groups in total. The van der Waals surface area contributed by atoms with E-state index in [1.54, 1.807) is 24.3 Å². The maximum Gasteiger partial charge on any atom is 0.406 e. The van der Waals surface area contributed by atoms with E-state index in [9.17, 15) is 4.79 Å². The molecule has 1 amide bonds. The summed E-state index contributed by atoms with van der Waals surface area (Å²) in [6.45, 7) is -0.0135. The van der Waals surface area contributed by atoms with E-state index in [1.807, 2.05) is 11.4 Å². The zero-order valence-corrected chi connectivity index (χ0v) is 11.9. The highest BCUT2D eigenvalue weighted by molar-refractivity contribution is 6.59. The summed E-state index contributed by atoms with van der Waals surface area (Å²) in [7, 11) is 37.9. The Morgan fingerprint density at radius 1 is 1.00 bits per heavy atom. The molecule has 0 aromatic heterocycles. The topological polar surface area (TPSA) is 47.6 Å². The summed E-state index contributed by atoms with van der Waals surface area (Å²) in [5.41, 5.74) is 0.755. The molecule has 11 heteroatoms. The van der Waals surface area contributed by atoms with Crippen molar-refractivity contribution in [3.63, 3.8) is 0 Å². The summed E-state index contributed by atoms with van der Waals surface area (Å²) in [5, 5.41) is -4.79. The molecule has 0 spiro atoms. The van der Waals surface area contributed by atoms with Crippen molar-refractivity contribution in [1.82, 2.24) is 5.32 Å². The summed E-state index contributed by atoms with van der Waals surface area (Å²) in [4.78, 5) is 11.7. The van der Waals surface area contributed by atoms with E-state index in [1.165, 1.54) is 0 Å². The van der Waals surface area contributed by atoms with Gasteiger partial charge in [0.25, 0.3) is 0 Å². The van der Waals surface area contributed by atoms with Gasteiger partial charge in [0.05, 0.1) is 39.2 Å². The SMILES string of the molecule is [B]C([B])([B])OC([B])([B])C([B])([B])NC(=O)OCc1ccccc1. The van der Waals surface area contributed by atoms with Crippen LogP contribution >= 0.6 is 0 Å². The first-order chi connectivity index (χ1) is 9.93. The van der Waals surface area contributed by atoms with Gasteiger partial charge in [-0.15, -0.1) is 0 Å². The number of carbonyl (C=O) groups excluding carboxylic acids is 1. The molecule has 14 radical (unpaired) electrons. The van der Waals surface area contributed by atoms with Crippen LogP contribution in [0.5, 0.6) is 0 Å². The number of benzene rings is 1. The fourth-order valence-electron chi connectivity index (χ4n) is 1.40. The van der Waals surface area contributed by atoms with Crippen LogP contribution in [0.2, 0.25) is 0 Å². The van der Waals surface area contributed by atoms with Gasteiger partial charge in [0.15, 0.2) is 0 Å². The monoisotopic (exact) mass is 279 g/mol. The van der Waals surface area contributed by atoms with E-state index >= 15 is 0 Å². The van der Waals surface area contributed by atoms with Crippen LogP contribution < -0.4 is 5.32 Å². The predicted octanol–water partition coefficient (Wildman–Crippen LogP) is -1.97. The number of hydrogen-bond acceptors (Lipinski definition) is 3. The summed E-state index contributed by atoms with van der Waals surface area (Å²) in [5.74, 6) is 0. The minimum Gasteiger partial charge on any atom is -0.445 e. The van der Waals surface area contributed by atoms with Gasteiger partial charge < -0.3 is 14.8 Å². The first kappa shape index (κ1) is 19.0. The summed E-state index contributed by atoms with van der Waals surface area (Å²) in [6.07, 6.45) is -0.977. The second kappa shape index (κ2) is 6.99. The van der Waals surface area contributed by atoms with Crippen LogP contribution in [0.3, 0.4) is 0 Å². The lowest BCUT2D eigenvalue weighted by Gasteiger charge is -2.48. The van der Waals surface area contributed by atoms with Crippen molar-refractivity contribution >= 4 is 61.0 Å². The Hall–Kier alpha value is -1.10. The quantitative estimate of drug-likeness (QED) is 0.614. The molecular weight excluding hydrogens is 270 g/mol. The second-order valence-corrected chi connectivity index (χ2v) is 4.80. The fraction of sp³-hybridized carbons (Fsp3) is 0.364. The van der Waals surface area contributed by atoms with Gasteiger partial charge in [-0.2, -0.15) is 0 Å². The standard InChI is InChI=1S/C11H8B7NO3/c12-9(13,10(14,15)22-11(16,17)18)19-8(20)21-6-7-4-2-1-3-5-7/h1-5H,6H2,(H,19,20). The van der Waals surface area contributed by atoms with Crippen LogP contribution in [0.1, 0.15) is 5.56 Å². The van der Waals surface area contributed by atoms with E-state index in [0.29, 0.717) is 0 Å². The van der Waals surface area contributed by atoms with Gasteiger partial charge in [-0.3, -0.25) is 0 Å². The smallest absolute Gasteiger partial charge is 0.406 e. The van der Waals surface area contributed by atoms with Crippen molar-refractivity contribution in [2.24, 2.45) is 0 Å². The van der Waals surface area contributed by atoms with Crippen LogP contribution in [-0.4, -0.2) is 77.1 Å². The number of nitrogens with one attached hydrogen (secondary N) is 1. The molecule has 0 saturated carbocycles. The van der Waals surface area contributed by atoms with Gasteiger partial charge in [0.2, 0.25) is 0 Å². The Balaban J connectivity index is 2.61. The zero-order valence-electron chi connectivity index (χ0n) is 11.9. The average molecular weight is 278 g/mol. The number of amides is 1. The largest absolute Gasteiger partial charge is 0.445 e. The molecule has 0 saturated heterocycles. The summed E-state index contributed by atoms with van der Waals surface area (Å²) in [6, 6.07) is 8.91. The van der Waals surface area contributed by atoms with Crippen LogP contribution in [0.25, 0.3) is 0 Å². The van der Waals surface area contributed by atoms with Crippen molar-refractivity contribution in [1.29, 1.82) is 0 Å². The lowest BCUT2D eigenvalue weighted by Crippen LogP contribution is -2.70. The first-order valence-corrected chi connectivity index (χ1v) is 6.14. The maximum absolute atomic E-state index is 11.7. The molecule has 1 aromatic carbocycles. The van der Waals surface area contributed by atoms with Crippen LogP contribution in [0, 0.1) is 0 Å². The number of rotatable bonds is 6. The number of hydrogen-bond donors (Lipinski definition) is 1. The molecule has 96 valence electrons. The molecule has 4 nitrogen and oxygen atoms in total. The number of ether oxygens (including phenoxy) is 2. The van der Waals surface area contributed by atoms with Crippen molar-refractivity contribution in [2.75, 3.05) is 0 Å². The van der Waals surface area contributed by atoms with Gasteiger partial charge in [-0.05, 0) is 21.6 Å². The highest BCUT2D eigenvalue weighted by Gasteiger charge is 2.39. The minimum absolute atomic E-state index is 0.0135. The summed E-state index contributed by atoms with van der Waals surface area (Å²) >= 11 is 0. The minimum atomic E-state index is -2.36. The van der Waals surface area contributed by atoms with E-state index in [2.05, 4.69) is 0 Å². The Bertz CT molecular complexity index is 504. The molecule has 0 aliphatic heterocycles. The Labute approximate surface area is 139 Å². The van der Waals surface area contributed by atoms with Crippen LogP contribution in [0.15, 0.2) is 30.3 Å². The van der Waals surface area contributed by atoms with Gasteiger partial charge >= 0.3 is 6.09 Å². The van der Waals surface area contributed by atoms with E-state index in [0.717, 1.165) is 5.56 Å². The molecule has 1 aromatic rings. The third kappa shape index (κ3) is 5.95. The third-order valence-corrected chi connectivity index (χ3v) is 2.51. The molecular formula is C11H8B7NO3. The lowest BCUT2D eigenvalue weighted by atomic mass is 9.39. The molecule has 0 bridgehead atoms. The Morgan fingerprint density at radius 2 is 1.55 bits per heavy atom. The second-order valence-electron chi connectivity index (χ2n) is 4.80. The normalized spacial score (nSPS) is 12.5. The fourth-order valence-corrected chi connectivity index (χ4v) is 1.40. The molecule has 0 atom stereocenters. The zero-order chi connectivity index (χ0) is 17.0. The van der Waals surface area contributed by atoms with E-state index in [4.69, 9.17) is 64.4 Å². The van der Waals surface area contributed by atoms with Gasteiger partial charge in [-0.1, -0.05) is 30.3 Å². The highest BCUT2D eigenvalue weighted by atomic mass is 16.5. The molecule has 0 unspecified atom stereocenters. The predicted molar refractivity (Wildman–Crippen MR) is 89.3 cm³/mol. The van der Waals surface area contributed by atoms with E-state index in [-0.39, 0.29) is 6.61 Å². The highest BCUT2D eigenvalue weighted by Crippen LogP contribution is 2.18. The van der Waals surface area contributed by atoms with Crippen molar-refractivity contribution < 1.29 is 14.3 Å². The lowest BCUT2D eigenvalue weighted by molar-refractivity contribution is 0.0479. The molecule has 0 heterocycles. The van der Waals surface area contributed by atoms with Gasteiger partial charge in [0.1, 0.15) is 22.3 Å². The van der Waals surface area contributed by atoms with Crippen molar-refractivity contribution in [2.45, 2.75) is 22.6 Å². The summed E-state index contributed by atoms with van der Waals surface area (Å²) < 4.78 is 9.64. The van der Waals surface area contributed by atoms with E-state index < -0.39 is 22.1 Å². The maximum atomic E-state index is 11.7. The Kier molecular flexibility index (Phi) is 6.02. The molecule has 0 aliphatic carbocycles. The number of alkyl carbamates (subject to hydrolysis) is 1. The van der Waals surface area contributed by atoms with Crippen molar-refractivity contribution in [3.8, 4) is 0 Å². The third-order valence-electron chi connectivity index (χ3n) is 2.51.